The predicted octanol–water partition coefficient (Wildman–Crippen LogP) is 1.85. The van der Waals surface area contributed by atoms with Gasteiger partial charge in [-0.15, -0.1) is 0 Å². The SMILES string of the molecule is O=C([C@@H]1C[C@@H]1c1ccccc1)N1CCN([C@@H]2CCC[C@H]2O)CC1. The monoisotopic (exact) mass is 314 g/mol. The van der Waals surface area contributed by atoms with Crippen LogP contribution in [0.25, 0.3) is 0 Å². The van der Waals surface area contributed by atoms with E-state index in [1.165, 1.54) is 5.56 Å². The minimum absolute atomic E-state index is 0.164. The molecule has 4 heteroatoms. The van der Waals surface area contributed by atoms with Crippen LogP contribution in [0.15, 0.2) is 30.3 Å². The molecule has 4 nitrogen and oxygen atoms in total. The van der Waals surface area contributed by atoms with Gasteiger partial charge in [0, 0.05) is 38.1 Å². The van der Waals surface area contributed by atoms with Crippen molar-refractivity contribution >= 4 is 5.91 Å². The number of hydrogen-bond acceptors (Lipinski definition) is 3. The standard InChI is InChI=1S/C19H26N2O2/c22-18-8-4-7-17(18)20-9-11-21(12-10-20)19(23)16-13-15(16)14-5-2-1-3-6-14/h1-3,5-6,15-18,22H,4,7-13H2/t15-,16-,17-,18-/m1/s1. The first-order chi connectivity index (χ1) is 11.2. The number of hydrogen-bond donors (Lipinski definition) is 1. The Morgan fingerprint density at radius 2 is 1.78 bits per heavy atom. The van der Waals surface area contributed by atoms with Gasteiger partial charge in [0.05, 0.1) is 6.10 Å². The number of carbonyl (C=O) groups is 1. The highest BCUT2D eigenvalue weighted by atomic mass is 16.3. The average Bonchev–Trinajstić information content (AvgIpc) is 3.29. The molecule has 0 spiro atoms. The molecule has 4 rings (SSSR count). The Hall–Kier alpha value is -1.39. The summed E-state index contributed by atoms with van der Waals surface area (Å²) in [4.78, 5) is 17.1. The van der Waals surface area contributed by atoms with Crippen molar-refractivity contribution in [2.45, 2.75) is 43.7 Å². The summed E-state index contributed by atoms with van der Waals surface area (Å²) in [6.07, 6.45) is 4.01. The summed E-state index contributed by atoms with van der Waals surface area (Å²) in [5, 5.41) is 10.1. The van der Waals surface area contributed by atoms with E-state index in [1.807, 2.05) is 11.0 Å². The molecule has 3 fully saturated rings. The maximum Gasteiger partial charge on any atom is 0.226 e. The summed E-state index contributed by atoms with van der Waals surface area (Å²) in [5.74, 6) is 0.963. The Kier molecular flexibility index (Phi) is 4.12. The van der Waals surface area contributed by atoms with E-state index in [0.717, 1.165) is 51.9 Å². The molecular formula is C19H26N2O2. The highest BCUT2D eigenvalue weighted by Crippen LogP contribution is 2.48. The highest BCUT2D eigenvalue weighted by molar-refractivity contribution is 5.83. The van der Waals surface area contributed by atoms with Crippen molar-refractivity contribution in [1.29, 1.82) is 0 Å². The number of carbonyl (C=O) groups excluding carboxylic acids is 1. The van der Waals surface area contributed by atoms with E-state index in [0.29, 0.717) is 17.9 Å². The number of benzene rings is 1. The molecule has 1 N–H and O–H groups in total. The minimum atomic E-state index is -0.164. The van der Waals surface area contributed by atoms with Crippen molar-refractivity contribution in [2.24, 2.45) is 5.92 Å². The largest absolute Gasteiger partial charge is 0.391 e. The maximum atomic E-state index is 12.7. The van der Waals surface area contributed by atoms with Gasteiger partial charge in [0.25, 0.3) is 0 Å². The van der Waals surface area contributed by atoms with Crippen LogP contribution in [0.4, 0.5) is 0 Å². The van der Waals surface area contributed by atoms with Gasteiger partial charge >= 0.3 is 0 Å². The Labute approximate surface area is 138 Å². The fourth-order valence-electron chi connectivity index (χ4n) is 4.39. The third kappa shape index (κ3) is 3.02. The van der Waals surface area contributed by atoms with E-state index in [2.05, 4.69) is 29.2 Å². The molecule has 23 heavy (non-hydrogen) atoms. The molecule has 1 heterocycles. The molecule has 124 valence electrons. The lowest BCUT2D eigenvalue weighted by molar-refractivity contribution is -0.135. The third-order valence-corrected chi connectivity index (χ3v) is 5.87. The zero-order valence-electron chi connectivity index (χ0n) is 13.6. The molecule has 2 aliphatic carbocycles. The zero-order valence-corrected chi connectivity index (χ0v) is 13.6. The second kappa shape index (κ2) is 6.25. The summed E-state index contributed by atoms with van der Waals surface area (Å²) in [7, 11) is 0. The van der Waals surface area contributed by atoms with Crippen LogP contribution in [-0.4, -0.2) is 59.1 Å². The van der Waals surface area contributed by atoms with Gasteiger partial charge in [-0.3, -0.25) is 9.69 Å². The van der Waals surface area contributed by atoms with Gasteiger partial charge in [-0.05, 0) is 37.2 Å². The molecule has 1 amide bonds. The molecule has 0 unspecified atom stereocenters. The first-order valence-electron chi connectivity index (χ1n) is 9.00. The van der Waals surface area contributed by atoms with Gasteiger partial charge < -0.3 is 10.0 Å². The smallest absolute Gasteiger partial charge is 0.226 e. The Morgan fingerprint density at radius 3 is 2.43 bits per heavy atom. The summed E-state index contributed by atoms with van der Waals surface area (Å²) in [5.41, 5.74) is 1.30. The van der Waals surface area contributed by atoms with Crippen molar-refractivity contribution in [3.8, 4) is 0 Å². The predicted molar refractivity (Wildman–Crippen MR) is 89.1 cm³/mol. The zero-order chi connectivity index (χ0) is 15.8. The summed E-state index contributed by atoms with van der Waals surface area (Å²) in [6.45, 7) is 3.46. The van der Waals surface area contributed by atoms with Crippen LogP contribution in [-0.2, 0) is 4.79 Å². The molecule has 1 aliphatic heterocycles. The first-order valence-corrected chi connectivity index (χ1v) is 9.00. The lowest BCUT2D eigenvalue weighted by Gasteiger charge is -2.39. The van der Waals surface area contributed by atoms with Crippen LogP contribution in [0.1, 0.15) is 37.2 Å². The minimum Gasteiger partial charge on any atom is -0.391 e. The van der Waals surface area contributed by atoms with Crippen LogP contribution in [0.2, 0.25) is 0 Å². The van der Waals surface area contributed by atoms with Crippen LogP contribution >= 0.6 is 0 Å². The van der Waals surface area contributed by atoms with Crippen LogP contribution in [0.5, 0.6) is 0 Å². The molecule has 1 saturated heterocycles. The number of amides is 1. The van der Waals surface area contributed by atoms with Crippen LogP contribution in [0.3, 0.4) is 0 Å². The van der Waals surface area contributed by atoms with E-state index in [1.54, 1.807) is 0 Å². The topological polar surface area (TPSA) is 43.8 Å². The van der Waals surface area contributed by atoms with Crippen molar-refractivity contribution in [1.82, 2.24) is 9.80 Å². The number of aliphatic hydroxyl groups excluding tert-OH is 1. The van der Waals surface area contributed by atoms with Crippen molar-refractivity contribution in [3.63, 3.8) is 0 Å². The molecule has 1 aromatic carbocycles. The Bertz CT molecular complexity index is 554. The average molecular weight is 314 g/mol. The molecule has 0 radical (unpaired) electrons. The van der Waals surface area contributed by atoms with Gasteiger partial charge in [-0.25, -0.2) is 0 Å². The number of nitrogens with zero attached hydrogens (tertiary/aromatic N) is 2. The van der Waals surface area contributed by atoms with E-state index in [9.17, 15) is 9.90 Å². The number of rotatable bonds is 3. The lowest BCUT2D eigenvalue weighted by atomic mass is 10.1. The lowest BCUT2D eigenvalue weighted by Crippen LogP contribution is -2.54. The number of aliphatic hydroxyl groups is 1. The molecular weight excluding hydrogens is 288 g/mol. The van der Waals surface area contributed by atoms with Crippen LogP contribution < -0.4 is 0 Å². The summed E-state index contributed by atoms with van der Waals surface area (Å²) in [6, 6.07) is 10.7. The summed E-state index contributed by atoms with van der Waals surface area (Å²) >= 11 is 0. The van der Waals surface area contributed by atoms with Gasteiger partial charge in [-0.2, -0.15) is 0 Å². The molecule has 1 aromatic rings. The molecule has 3 aliphatic rings. The molecule has 0 bridgehead atoms. The molecule has 4 atom stereocenters. The van der Waals surface area contributed by atoms with E-state index < -0.39 is 0 Å². The Balaban J connectivity index is 1.30. The number of piperazine rings is 1. The van der Waals surface area contributed by atoms with E-state index in [4.69, 9.17) is 0 Å². The summed E-state index contributed by atoms with van der Waals surface area (Å²) < 4.78 is 0. The third-order valence-electron chi connectivity index (χ3n) is 5.87. The van der Waals surface area contributed by atoms with Gasteiger partial charge in [0.1, 0.15) is 0 Å². The first kappa shape index (κ1) is 15.2. The highest BCUT2D eigenvalue weighted by Gasteiger charge is 2.46. The maximum absolute atomic E-state index is 12.7. The molecule has 2 saturated carbocycles. The van der Waals surface area contributed by atoms with Gasteiger partial charge in [0.2, 0.25) is 5.91 Å². The van der Waals surface area contributed by atoms with E-state index >= 15 is 0 Å². The van der Waals surface area contributed by atoms with Crippen molar-refractivity contribution in [2.75, 3.05) is 26.2 Å². The van der Waals surface area contributed by atoms with Crippen molar-refractivity contribution in [3.05, 3.63) is 35.9 Å². The normalized spacial score (nSPS) is 34.6. The van der Waals surface area contributed by atoms with Crippen LogP contribution in [0, 0.1) is 5.92 Å². The second-order valence-corrected chi connectivity index (χ2v) is 7.29. The second-order valence-electron chi connectivity index (χ2n) is 7.29. The fourth-order valence-corrected chi connectivity index (χ4v) is 4.39. The van der Waals surface area contributed by atoms with Gasteiger partial charge in [-0.1, -0.05) is 30.3 Å². The fraction of sp³-hybridized carbons (Fsp3) is 0.632. The van der Waals surface area contributed by atoms with Crippen molar-refractivity contribution < 1.29 is 9.90 Å². The quantitative estimate of drug-likeness (QED) is 0.926. The molecule has 0 aromatic heterocycles. The van der Waals surface area contributed by atoms with E-state index in [-0.39, 0.29) is 12.0 Å². The Morgan fingerprint density at radius 1 is 1.04 bits per heavy atom. The van der Waals surface area contributed by atoms with Gasteiger partial charge in [0.15, 0.2) is 0 Å².